The third kappa shape index (κ3) is 3.19. The lowest BCUT2D eigenvalue weighted by molar-refractivity contribution is -0.228. The molecule has 10 nitrogen and oxygen atoms in total. The first kappa shape index (κ1) is 28.1. The summed E-state index contributed by atoms with van der Waals surface area (Å²) in [6.07, 6.45) is 5.42. The number of nitrogens with zero attached hydrogens (tertiary/aromatic N) is 2. The normalized spacial score (nSPS) is 38.5. The number of carbonyl (C=O) groups excluding carboxylic acids is 2. The highest BCUT2D eigenvalue weighted by molar-refractivity contribution is 6.09. The Hall–Kier alpha value is -2.66. The van der Waals surface area contributed by atoms with E-state index >= 15 is 0 Å². The van der Waals surface area contributed by atoms with Crippen LogP contribution >= 0.6 is 0 Å². The average Bonchev–Trinajstić information content (AvgIpc) is 3.40. The molecule has 0 radical (unpaired) electrons. The first-order chi connectivity index (χ1) is 19.8. The van der Waals surface area contributed by atoms with E-state index in [2.05, 4.69) is 31.0 Å². The van der Waals surface area contributed by atoms with Crippen molar-refractivity contribution in [2.24, 2.45) is 11.3 Å². The van der Waals surface area contributed by atoms with Gasteiger partial charge in [-0.3, -0.25) is 14.5 Å². The minimum atomic E-state index is -0.850. The molecular formula is C32H43N3O7. The summed E-state index contributed by atoms with van der Waals surface area (Å²) in [7, 11) is 3.57. The topological polar surface area (TPSA) is 98.8 Å². The van der Waals surface area contributed by atoms with E-state index in [0.717, 1.165) is 18.5 Å². The van der Waals surface area contributed by atoms with Crippen LogP contribution in [0.15, 0.2) is 24.5 Å². The van der Waals surface area contributed by atoms with E-state index in [0.29, 0.717) is 49.8 Å². The predicted octanol–water partition coefficient (Wildman–Crippen LogP) is 3.44. The van der Waals surface area contributed by atoms with Gasteiger partial charge >= 0.3 is 0 Å². The van der Waals surface area contributed by atoms with Crippen LogP contribution in [0.5, 0.6) is 11.5 Å². The number of likely N-dealkylation sites (N-methyl/N-ethyl adjacent to an activating group) is 1. The Labute approximate surface area is 247 Å². The number of rotatable bonds is 6. The van der Waals surface area contributed by atoms with Crippen molar-refractivity contribution in [2.75, 3.05) is 52.6 Å². The van der Waals surface area contributed by atoms with E-state index in [-0.39, 0.29) is 24.5 Å². The monoisotopic (exact) mass is 581 g/mol. The number of piperidine rings is 2. The van der Waals surface area contributed by atoms with Crippen molar-refractivity contribution < 1.29 is 33.3 Å². The van der Waals surface area contributed by atoms with Gasteiger partial charge in [-0.1, -0.05) is 19.9 Å². The minimum absolute atomic E-state index is 0.0386. The molecule has 1 aliphatic carbocycles. The van der Waals surface area contributed by atoms with Crippen molar-refractivity contribution >= 4 is 17.5 Å². The SMILES string of the molecule is COCCOCO[C@]1(C)CCN2CC34CC5(C(=O)Nc6c5ccc5c6OC=CC(C)(C)O5)C(C)(C)C3CC21C(=O)N4C. The molecule has 2 bridgehead atoms. The molecule has 1 aromatic rings. The van der Waals surface area contributed by atoms with Crippen molar-refractivity contribution in [3.8, 4) is 11.5 Å². The van der Waals surface area contributed by atoms with Crippen LogP contribution in [-0.2, 0) is 29.2 Å². The molecule has 10 heteroatoms. The van der Waals surface area contributed by atoms with Crippen molar-refractivity contribution in [3.63, 3.8) is 0 Å². The molecule has 1 saturated carbocycles. The summed E-state index contributed by atoms with van der Waals surface area (Å²) in [6, 6.07) is 3.96. The second-order valence-corrected chi connectivity index (χ2v) is 14.3. The quantitative estimate of drug-likeness (QED) is 0.403. The van der Waals surface area contributed by atoms with Crippen LogP contribution in [0.25, 0.3) is 0 Å². The third-order valence-corrected chi connectivity index (χ3v) is 11.9. The standard InChI is InChI=1S/C32H43N3O7/c1-27(2)11-13-40-24-21(42-27)9-8-20-23(24)33-25(36)31(20)17-30-18-35-12-10-29(5,41-19-39-15-14-38-7)32(35,26(37)34(30)6)16-22(30)28(31,3)4/h8-9,11,13,22H,10,12,14-19H2,1-7H3,(H,33,36)/t22?,29-,30?,31?,32?/m1/s1. The zero-order chi connectivity index (χ0) is 29.9. The highest BCUT2D eigenvalue weighted by Gasteiger charge is 2.82. The zero-order valence-corrected chi connectivity index (χ0v) is 25.8. The number of amides is 2. The number of anilines is 1. The lowest BCUT2D eigenvalue weighted by Crippen LogP contribution is -2.82. The average molecular weight is 582 g/mol. The lowest BCUT2D eigenvalue weighted by atomic mass is 9.55. The maximum atomic E-state index is 14.5. The molecule has 1 N–H and O–H groups in total. The molecule has 228 valence electrons. The van der Waals surface area contributed by atoms with Crippen molar-refractivity contribution in [3.05, 3.63) is 30.0 Å². The minimum Gasteiger partial charge on any atom is -0.480 e. The van der Waals surface area contributed by atoms with Crippen LogP contribution < -0.4 is 14.8 Å². The molecule has 4 saturated heterocycles. The summed E-state index contributed by atoms with van der Waals surface area (Å²) in [4.78, 5) is 33.2. The van der Waals surface area contributed by atoms with E-state index in [1.165, 1.54) is 0 Å². The first-order valence-electron chi connectivity index (χ1n) is 15.1. The van der Waals surface area contributed by atoms with Gasteiger partial charge < -0.3 is 33.9 Å². The number of piperazine rings is 1. The number of hydrogen-bond donors (Lipinski definition) is 1. The van der Waals surface area contributed by atoms with Crippen LogP contribution in [-0.4, -0.2) is 91.1 Å². The van der Waals surface area contributed by atoms with Gasteiger partial charge in [0.1, 0.15) is 17.9 Å². The van der Waals surface area contributed by atoms with Crippen LogP contribution in [0, 0.1) is 11.3 Å². The Morgan fingerprint density at radius 1 is 1.12 bits per heavy atom. The van der Waals surface area contributed by atoms with Crippen molar-refractivity contribution in [2.45, 2.75) is 81.6 Å². The third-order valence-electron chi connectivity index (χ3n) is 11.9. The van der Waals surface area contributed by atoms with Crippen LogP contribution in [0.2, 0.25) is 0 Å². The molecule has 1 aromatic carbocycles. The Morgan fingerprint density at radius 3 is 2.67 bits per heavy atom. The van der Waals surface area contributed by atoms with Crippen molar-refractivity contribution in [1.29, 1.82) is 0 Å². The van der Waals surface area contributed by atoms with Gasteiger partial charge in [0.05, 0.1) is 41.7 Å². The molecule has 2 amide bonds. The number of benzene rings is 1. The zero-order valence-electron chi connectivity index (χ0n) is 25.8. The molecule has 5 atom stereocenters. The Kier molecular flexibility index (Phi) is 5.83. The molecule has 6 heterocycles. The number of nitrogens with one attached hydrogen (secondary N) is 1. The Balaban J connectivity index is 1.30. The van der Waals surface area contributed by atoms with Gasteiger partial charge in [-0.2, -0.15) is 0 Å². The lowest BCUT2D eigenvalue weighted by Gasteiger charge is -2.66. The summed E-state index contributed by atoms with van der Waals surface area (Å²) >= 11 is 0. The van der Waals surface area contributed by atoms with E-state index in [1.54, 1.807) is 13.4 Å². The van der Waals surface area contributed by atoms with Crippen molar-refractivity contribution in [1.82, 2.24) is 9.80 Å². The van der Waals surface area contributed by atoms with Gasteiger partial charge in [0.15, 0.2) is 11.5 Å². The van der Waals surface area contributed by atoms with Gasteiger partial charge in [0.25, 0.3) is 0 Å². The Morgan fingerprint density at radius 2 is 1.90 bits per heavy atom. The van der Waals surface area contributed by atoms with E-state index in [9.17, 15) is 9.59 Å². The van der Waals surface area contributed by atoms with Gasteiger partial charge in [-0.05, 0) is 69.1 Å². The fourth-order valence-electron chi connectivity index (χ4n) is 9.59. The summed E-state index contributed by atoms with van der Waals surface area (Å²) in [6.45, 7) is 12.9. The number of carbonyl (C=O) groups is 2. The molecule has 5 fully saturated rings. The van der Waals surface area contributed by atoms with Gasteiger partial charge in [0, 0.05) is 27.2 Å². The summed E-state index contributed by atoms with van der Waals surface area (Å²) < 4.78 is 29.6. The molecule has 42 heavy (non-hydrogen) atoms. The summed E-state index contributed by atoms with van der Waals surface area (Å²) in [5.74, 6) is 1.24. The molecule has 4 unspecified atom stereocenters. The first-order valence-corrected chi connectivity index (χ1v) is 15.1. The largest absolute Gasteiger partial charge is 0.480 e. The maximum Gasteiger partial charge on any atom is 0.246 e. The number of fused-ring (bicyclic) bond motifs is 5. The molecule has 7 aliphatic rings. The molecule has 0 aromatic heterocycles. The fourth-order valence-corrected chi connectivity index (χ4v) is 9.59. The maximum absolute atomic E-state index is 14.5. The van der Waals surface area contributed by atoms with Gasteiger partial charge in [-0.15, -0.1) is 0 Å². The van der Waals surface area contributed by atoms with E-state index in [4.69, 9.17) is 23.7 Å². The Bertz CT molecular complexity index is 1390. The van der Waals surface area contributed by atoms with E-state index in [1.807, 2.05) is 44.0 Å². The molecular weight excluding hydrogens is 538 g/mol. The summed E-state index contributed by atoms with van der Waals surface area (Å²) in [5.41, 5.74) is -2.32. The van der Waals surface area contributed by atoms with Gasteiger partial charge in [0.2, 0.25) is 11.8 Å². The molecule has 8 rings (SSSR count). The number of ether oxygens (including phenoxy) is 5. The second-order valence-electron chi connectivity index (χ2n) is 14.3. The van der Waals surface area contributed by atoms with Gasteiger partial charge in [-0.25, -0.2) is 0 Å². The highest BCUT2D eigenvalue weighted by Crippen LogP contribution is 2.73. The highest BCUT2D eigenvalue weighted by atomic mass is 16.7. The predicted molar refractivity (Wildman–Crippen MR) is 154 cm³/mol. The second kappa shape index (κ2) is 8.71. The fraction of sp³-hybridized carbons (Fsp3) is 0.688. The number of hydrogen-bond acceptors (Lipinski definition) is 8. The van der Waals surface area contributed by atoms with Crippen LogP contribution in [0.1, 0.15) is 59.4 Å². The molecule has 6 aliphatic heterocycles. The van der Waals surface area contributed by atoms with E-state index < -0.39 is 33.1 Å². The van der Waals surface area contributed by atoms with Crippen LogP contribution in [0.4, 0.5) is 5.69 Å². The smallest absolute Gasteiger partial charge is 0.246 e. The molecule has 3 spiro atoms. The van der Waals surface area contributed by atoms with Crippen LogP contribution in [0.3, 0.4) is 0 Å². The summed E-state index contributed by atoms with van der Waals surface area (Å²) in [5, 5.41) is 3.22. The number of methoxy groups -OCH3 is 1.